The topological polar surface area (TPSA) is 75.4 Å². The number of aliphatic hydroxyl groups excluding tert-OH is 1. The average molecular weight is 338 g/mol. The van der Waals surface area contributed by atoms with Gasteiger partial charge >= 0.3 is 0 Å². The Labute approximate surface area is 146 Å². The predicted octanol–water partition coefficient (Wildman–Crippen LogP) is 2.97. The summed E-state index contributed by atoms with van der Waals surface area (Å²) in [5.41, 5.74) is 3.43. The van der Waals surface area contributed by atoms with Crippen molar-refractivity contribution in [3.8, 4) is 0 Å². The van der Waals surface area contributed by atoms with Gasteiger partial charge in [0.2, 0.25) is 0 Å². The summed E-state index contributed by atoms with van der Waals surface area (Å²) < 4.78 is 5.48. The van der Waals surface area contributed by atoms with Gasteiger partial charge in [0.25, 0.3) is 5.91 Å². The van der Waals surface area contributed by atoms with Crippen LogP contribution in [0.3, 0.4) is 0 Å². The number of pyridine rings is 1. The third-order valence-corrected chi connectivity index (χ3v) is 4.35. The van der Waals surface area contributed by atoms with Gasteiger partial charge < -0.3 is 14.8 Å². The average Bonchev–Trinajstić information content (AvgIpc) is 3.08. The first-order valence-corrected chi connectivity index (χ1v) is 8.49. The number of rotatable bonds is 7. The van der Waals surface area contributed by atoms with E-state index in [2.05, 4.69) is 17.2 Å². The molecule has 2 heterocycles. The van der Waals surface area contributed by atoms with Crippen molar-refractivity contribution in [1.82, 2.24) is 10.3 Å². The minimum atomic E-state index is -0.184. The van der Waals surface area contributed by atoms with E-state index in [1.807, 2.05) is 30.3 Å². The fourth-order valence-corrected chi connectivity index (χ4v) is 2.86. The number of hydrogen-bond donors (Lipinski definition) is 2. The maximum absolute atomic E-state index is 12.5. The van der Waals surface area contributed by atoms with Crippen molar-refractivity contribution in [3.05, 3.63) is 65.7 Å². The van der Waals surface area contributed by atoms with E-state index >= 15 is 0 Å². The molecule has 5 heteroatoms. The maximum Gasteiger partial charge on any atom is 0.255 e. The number of furan rings is 1. The van der Waals surface area contributed by atoms with Crippen LogP contribution in [0.5, 0.6) is 0 Å². The summed E-state index contributed by atoms with van der Waals surface area (Å²) in [6.07, 6.45) is 6.55. The summed E-state index contributed by atoms with van der Waals surface area (Å²) in [6.45, 7) is 2.47. The van der Waals surface area contributed by atoms with E-state index in [4.69, 9.17) is 4.42 Å². The summed E-state index contributed by atoms with van der Waals surface area (Å²) in [5, 5.41) is 13.3. The number of fused-ring (bicyclic) bond motifs is 1. The van der Waals surface area contributed by atoms with E-state index in [0.717, 1.165) is 22.9 Å². The Morgan fingerprint density at radius 1 is 1.32 bits per heavy atom. The Hall–Kier alpha value is -2.66. The lowest BCUT2D eigenvalue weighted by Gasteiger charge is -2.14. The van der Waals surface area contributed by atoms with Gasteiger partial charge in [0.15, 0.2) is 0 Å². The third kappa shape index (κ3) is 4.06. The number of benzene rings is 1. The molecule has 0 bridgehead atoms. The number of hydrogen-bond acceptors (Lipinski definition) is 4. The fraction of sp³-hybridized carbons (Fsp3) is 0.300. The highest BCUT2D eigenvalue weighted by Gasteiger charge is 2.16. The second-order valence-electron chi connectivity index (χ2n) is 6.16. The van der Waals surface area contributed by atoms with Crippen molar-refractivity contribution in [2.45, 2.75) is 19.8 Å². The first-order valence-electron chi connectivity index (χ1n) is 8.49. The van der Waals surface area contributed by atoms with E-state index in [-0.39, 0.29) is 18.4 Å². The van der Waals surface area contributed by atoms with Gasteiger partial charge in [0.1, 0.15) is 11.8 Å². The number of amides is 1. The van der Waals surface area contributed by atoms with Gasteiger partial charge in [-0.15, -0.1) is 0 Å². The largest absolute Gasteiger partial charge is 0.463 e. The summed E-state index contributed by atoms with van der Waals surface area (Å²) in [6, 6.07) is 9.72. The zero-order valence-electron chi connectivity index (χ0n) is 14.2. The van der Waals surface area contributed by atoms with Crippen LogP contribution in [0.2, 0.25) is 0 Å². The molecule has 0 saturated heterocycles. The Kier molecular flexibility index (Phi) is 5.46. The summed E-state index contributed by atoms with van der Waals surface area (Å²) in [4.78, 5) is 16.6. The summed E-state index contributed by atoms with van der Waals surface area (Å²) >= 11 is 0. The van der Waals surface area contributed by atoms with Crippen molar-refractivity contribution in [3.63, 3.8) is 0 Å². The molecule has 1 amide bonds. The number of carbonyl (C=O) groups is 1. The first-order chi connectivity index (χ1) is 12.2. The minimum absolute atomic E-state index is 0.00128. The van der Waals surface area contributed by atoms with E-state index in [1.54, 1.807) is 12.4 Å². The van der Waals surface area contributed by atoms with Gasteiger partial charge in [-0.2, -0.15) is 0 Å². The smallest absolute Gasteiger partial charge is 0.255 e. The van der Waals surface area contributed by atoms with Crippen LogP contribution in [0.25, 0.3) is 11.0 Å². The lowest BCUT2D eigenvalue weighted by Crippen LogP contribution is -2.31. The number of nitrogens with one attached hydrogen (secondary N) is 1. The number of carbonyl (C=O) groups excluding carboxylic acids is 1. The second kappa shape index (κ2) is 7.94. The van der Waals surface area contributed by atoms with Gasteiger partial charge in [-0.1, -0.05) is 19.1 Å². The Morgan fingerprint density at radius 3 is 2.92 bits per heavy atom. The molecule has 5 nitrogen and oxygen atoms in total. The number of nitrogens with zero attached hydrogens (tertiary/aromatic N) is 1. The molecule has 130 valence electrons. The monoisotopic (exact) mass is 338 g/mol. The molecular formula is C20H22N2O3. The van der Waals surface area contributed by atoms with Crippen LogP contribution in [-0.2, 0) is 12.8 Å². The molecule has 0 aliphatic carbocycles. The quantitative estimate of drug-likeness (QED) is 0.694. The molecule has 0 unspecified atom stereocenters. The number of aromatic nitrogens is 1. The van der Waals surface area contributed by atoms with Crippen LogP contribution in [0, 0.1) is 5.92 Å². The second-order valence-corrected chi connectivity index (χ2v) is 6.16. The molecule has 3 aromatic rings. The highest BCUT2D eigenvalue weighted by Crippen LogP contribution is 2.23. The molecule has 0 aliphatic heterocycles. The van der Waals surface area contributed by atoms with Crippen LogP contribution >= 0.6 is 0 Å². The predicted molar refractivity (Wildman–Crippen MR) is 96.4 cm³/mol. The van der Waals surface area contributed by atoms with Crippen molar-refractivity contribution in [2.75, 3.05) is 13.2 Å². The normalized spacial score (nSPS) is 12.2. The Bertz CT molecular complexity index is 843. The molecular weight excluding hydrogens is 316 g/mol. The van der Waals surface area contributed by atoms with E-state index in [9.17, 15) is 9.90 Å². The van der Waals surface area contributed by atoms with Crippen LogP contribution in [0.4, 0.5) is 0 Å². The van der Waals surface area contributed by atoms with E-state index < -0.39 is 0 Å². The highest BCUT2D eigenvalue weighted by molar-refractivity contribution is 6.06. The third-order valence-electron chi connectivity index (χ3n) is 4.35. The Balaban J connectivity index is 1.67. The van der Waals surface area contributed by atoms with E-state index in [1.165, 1.54) is 6.26 Å². The standard InChI is InChI=1S/C20H22N2O3/c1-2-14-5-6-19-17(9-14)18(13-25-19)20(24)22-11-16(12-23)8-15-4-3-7-21-10-15/h3-7,9-10,13,16,23H,2,8,11-12H2,1H3,(H,22,24)/t16-/m0/s1. The lowest BCUT2D eigenvalue weighted by atomic mass is 10.0. The minimum Gasteiger partial charge on any atom is -0.463 e. The molecule has 0 fully saturated rings. The van der Waals surface area contributed by atoms with Gasteiger partial charge in [0.05, 0.1) is 5.56 Å². The molecule has 0 saturated carbocycles. The van der Waals surface area contributed by atoms with Gasteiger partial charge in [-0.3, -0.25) is 9.78 Å². The van der Waals surface area contributed by atoms with Crippen LogP contribution in [0.1, 0.15) is 28.4 Å². The highest BCUT2D eigenvalue weighted by atomic mass is 16.3. The SMILES string of the molecule is CCc1ccc2occ(C(=O)NC[C@@H](CO)Cc3cccnc3)c2c1. The summed E-state index contributed by atoms with van der Waals surface area (Å²) in [7, 11) is 0. The van der Waals surface area contributed by atoms with Crippen molar-refractivity contribution >= 4 is 16.9 Å². The molecule has 1 aromatic carbocycles. The van der Waals surface area contributed by atoms with Crippen LogP contribution in [-0.4, -0.2) is 29.1 Å². The zero-order chi connectivity index (χ0) is 17.6. The van der Waals surface area contributed by atoms with Crippen molar-refractivity contribution in [2.24, 2.45) is 5.92 Å². The fourth-order valence-electron chi connectivity index (χ4n) is 2.86. The van der Waals surface area contributed by atoms with Crippen molar-refractivity contribution in [1.29, 1.82) is 0 Å². The first kappa shape index (κ1) is 17.2. The molecule has 3 rings (SSSR count). The summed E-state index contributed by atoms with van der Waals surface area (Å²) in [5.74, 6) is -0.242. The van der Waals surface area contributed by atoms with Crippen molar-refractivity contribution < 1.29 is 14.3 Å². The molecule has 25 heavy (non-hydrogen) atoms. The van der Waals surface area contributed by atoms with Gasteiger partial charge in [0, 0.05) is 36.8 Å². The molecule has 1 atom stereocenters. The van der Waals surface area contributed by atoms with Crippen LogP contribution in [0.15, 0.2) is 53.4 Å². The molecule has 0 spiro atoms. The zero-order valence-corrected chi connectivity index (χ0v) is 14.2. The van der Waals surface area contributed by atoms with E-state index in [0.29, 0.717) is 24.1 Å². The number of aliphatic hydroxyl groups is 1. The van der Waals surface area contributed by atoms with Gasteiger partial charge in [-0.05, 0) is 42.2 Å². The molecule has 0 radical (unpaired) electrons. The lowest BCUT2D eigenvalue weighted by molar-refractivity contribution is 0.0940. The van der Waals surface area contributed by atoms with Gasteiger partial charge in [-0.25, -0.2) is 0 Å². The maximum atomic E-state index is 12.5. The number of aryl methyl sites for hydroxylation is 1. The Morgan fingerprint density at radius 2 is 2.20 bits per heavy atom. The molecule has 2 N–H and O–H groups in total. The van der Waals surface area contributed by atoms with Crippen LogP contribution < -0.4 is 5.32 Å². The molecule has 0 aliphatic rings. The molecule has 2 aromatic heterocycles.